The van der Waals surface area contributed by atoms with Crippen LogP contribution in [0, 0.1) is 13.8 Å². The van der Waals surface area contributed by atoms with Gasteiger partial charge in [0.15, 0.2) is 0 Å². The van der Waals surface area contributed by atoms with Gasteiger partial charge in [-0.2, -0.15) is 5.10 Å². The molecule has 0 aliphatic heterocycles. The SMILES string of the molecule is COC(=O)c1ccccc1-n1c(C)cc(/C=N/NC(=O)c2ccccc2)c1C. The molecule has 0 fully saturated rings. The third-order valence-corrected chi connectivity index (χ3v) is 4.43. The number of esters is 1. The van der Waals surface area contributed by atoms with Crippen LogP contribution < -0.4 is 5.43 Å². The van der Waals surface area contributed by atoms with E-state index in [0.29, 0.717) is 11.1 Å². The Morgan fingerprint density at radius 3 is 2.43 bits per heavy atom. The standard InChI is InChI=1S/C22H21N3O3/c1-15-13-18(14-23-24-21(26)17-9-5-4-6-10-17)16(2)25(15)20-12-8-7-11-19(20)22(27)28-3/h4-14H,1-3H3,(H,24,26)/b23-14+. The number of hydrogen-bond acceptors (Lipinski definition) is 4. The molecule has 0 unspecified atom stereocenters. The van der Waals surface area contributed by atoms with Gasteiger partial charge in [0.05, 0.1) is 24.6 Å². The number of benzene rings is 2. The van der Waals surface area contributed by atoms with Gasteiger partial charge in [0.25, 0.3) is 5.91 Å². The Labute approximate surface area is 163 Å². The average Bonchev–Trinajstić information content (AvgIpc) is 3.01. The largest absolute Gasteiger partial charge is 0.465 e. The maximum absolute atomic E-state index is 12.1. The summed E-state index contributed by atoms with van der Waals surface area (Å²) in [5.41, 5.74) is 6.95. The number of aryl methyl sites for hydroxylation is 1. The Hall–Kier alpha value is -3.67. The van der Waals surface area contributed by atoms with Gasteiger partial charge >= 0.3 is 5.97 Å². The van der Waals surface area contributed by atoms with Crippen molar-refractivity contribution >= 4 is 18.1 Å². The van der Waals surface area contributed by atoms with E-state index >= 15 is 0 Å². The highest BCUT2D eigenvalue weighted by atomic mass is 16.5. The highest BCUT2D eigenvalue weighted by Crippen LogP contribution is 2.23. The molecule has 0 saturated carbocycles. The second-order valence-electron chi connectivity index (χ2n) is 6.24. The molecule has 6 nitrogen and oxygen atoms in total. The summed E-state index contributed by atoms with van der Waals surface area (Å²) in [6, 6.07) is 18.1. The minimum atomic E-state index is -0.395. The van der Waals surface area contributed by atoms with Crippen LogP contribution in [0.25, 0.3) is 5.69 Å². The third-order valence-electron chi connectivity index (χ3n) is 4.43. The van der Waals surface area contributed by atoms with Crippen molar-refractivity contribution in [3.63, 3.8) is 0 Å². The van der Waals surface area contributed by atoms with Gasteiger partial charge in [-0.1, -0.05) is 30.3 Å². The second-order valence-corrected chi connectivity index (χ2v) is 6.24. The molecule has 1 aromatic heterocycles. The van der Waals surface area contributed by atoms with E-state index in [1.54, 1.807) is 42.6 Å². The smallest absolute Gasteiger partial charge is 0.339 e. The summed E-state index contributed by atoms with van der Waals surface area (Å²) in [6.45, 7) is 3.88. The van der Waals surface area contributed by atoms with Gasteiger partial charge in [-0.15, -0.1) is 0 Å². The van der Waals surface area contributed by atoms with Crippen molar-refractivity contribution in [3.8, 4) is 5.69 Å². The van der Waals surface area contributed by atoms with Gasteiger partial charge in [-0.25, -0.2) is 10.2 Å². The molecule has 0 atom stereocenters. The minimum Gasteiger partial charge on any atom is -0.465 e. The predicted molar refractivity (Wildman–Crippen MR) is 108 cm³/mol. The second kappa shape index (κ2) is 8.35. The fourth-order valence-corrected chi connectivity index (χ4v) is 3.05. The van der Waals surface area contributed by atoms with Gasteiger partial charge in [0, 0.05) is 22.5 Å². The maximum Gasteiger partial charge on any atom is 0.339 e. The van der Waals surface area contributed by atoms with E-state index in [4.69, 9.17) is 4.74 Å². The van der Waals surface area contributed by atoms with Crippen LogP contribution in [-0.2, 0) is 4.74 Å². The van der Waals surface area contributed by atoms with Crippen molar-refractivity contribution in [2.45, 2.75) is 13.8 Å². The summed E-state index contributed by atoms with van der Waals surface area (Å²) >= 11 is 0. The summed E-state index contributed by atoms with van der Waals surface area (Å²) < 4.78 is 6.86. The summed E-state index contributed by atoms with van der Waals surface area (Å²) in [5, 5.41) is 4.07. The van der Waals surface area contributed by atoms with Crippen LogP contribution in [0.4, 0.5) is 0 Å². The molecular weight excluding hydrogens is 354 g/mol. The lowest BCUT2D eigenvalue weighted by Gasteiger charge is -2.13. The molecule has 0 saturated heterocycles. The van der Waals surface area contributed by atoms with Crippen molar-refractivity contribution in [2.24, 2.45) is 5.10 Å². The first-order valence-electron chi connectivity index (χ1n) is 8.78. The van der Waals surface area contributed by atoms with E-state index in [-0.39, 0.29) is 5.91 Å². The molecule has 0 radical (unpaired) electrons. The molecule has 1 amide bonds. The van der Waals surface area contributed by atoms with Crippen LogP contribution in [0.15, 0.2) is 65.8 Å². The third kappa shape index (κ3) is 3.86. The van der Waals surface area contributed by atoms with Crippen LogP contribution in [0.5, 0.6) is 0 Å². The van der Waals surface area contributed by atoms with Crippen LogP contribution in [0.1, 0.15) is 37.7 Å². The van der Waals surface area contributed by atoms with Crippen molar-refractivity contribution in [1.29, 1.82) is 0 Å². The topological polar surface area (TPSA) is 72.7 Å². The highest BCUT2D eigenvalue weighted by Gasteiger charge is 2.17. The molecule has 28 heavy (non-hydrogen) atoms. The van der Waals surface area contributed by atoms with E-state index in [2.05, 4.69) is 10.5 Å². The summed E-state index contributed by atoms with van der Waals surface area (Å²) in [4.78, 5) is 24.2. The normalized spacial score (nSPS) is 10.8. The zero-order valence-electron chi connectivity index (χ0n) is 16.0. The summed E-state index contributed by atoms with van der Waals surface area (Å²) in [7, 11) is 1.36. The number of ether oxygens (including phenoxy) is 1. The van der Waals surface area contributed by atoms with Crippen LogP contribution in [0.3, 0.4) is 0 Å². The first-order chi connectivity index (χ1) is 13.5. The number of hydrazone groups is 1. The van der Waals surface area contributed by atoms with Crippen LogP contribution in [0.2, 0.25) is 0 Å². The molecule has 2 aromatic carbocycles. The molecule has 0 aliphatic carbocycles. The lowest BCUT2D eigenvalue weighted by atomic mass is 10.1. The van der Waals surface area contributed by atoms with Gasteiger partial charge < -0.3 is 9.30 Å². The molecule has 142 valence electrons. The number of carbonyl (C=O) groups is 2. The van der Waals surface area contributed by atoms with Crippen molar-refractivity contribution < 1.29 is 14.3 Å². The molecule has 3 rings (SSSR count). The zero-order valence-corrected chi connectivity index (χ0v) is 16.0. The average molecular weight is 375 g/mol. The number of nitrogens with one attached hydrogen (secondary N) is 1. The monoisotopic (exact) mass is 375 g/mol. The predicted octanol–water partition coefficient (Wildman–Crippen LogP) is 3.64. The lowest BCUT2D eigenvalue weighted by molar-refractivity contribution is 0.0600. The Kier molecular flexibility index (Phi) is 5.69. The van der Waals surface area contributed by atoms with E-state index in [0.717, 1.165) is 22.6 Å². The van der Waals surface area contributed by atoms with Crippen molar-refractivity contribution in [2.75, 3.05) is 7.11 Å². The van der Waals surface area contributed by atoms with Crippen LogP contribution in [-0.4, -0.2) is 29.8 Å². The lowest BCUT2D eigenvalue weighted by Crippen LogP contribution is -2.17. The molecule has 1 N–H and O–H groups in total. The Balaban J connectivity index is 1.87. The zero-order chi connectivity index (χ0) is 20.1. The van der Waals surface area contributed by atoms with E-state index in [9.17, 15) is 9.59 Å². The van der Waals surface area contributed by atoms with Gasteiger partial charge in [-0.05, 0) is 44.2 Å². The molecule has 0 spiro atoms. The fraction of sp³-hybridized carbons (Fsp3) is 0.136. The molecule has 6 heteroatoms. The number of rotatable bonds is 5. The number of methoxy groups -OCH3 is 1. The summed E-state index contributed by atoms with van der Waals surface area (Å²) in [5.74, 6) is -0.671. The summed E-state index contributed by atoms with van der Waals surface area (Å²) in [6.07, 6.45) is 1.60. The number of hydrogen-bond donors (Lipinski definition) is 1. The van der Waals surface area contributed by atoms with E-state index in [1.807, 2.05) is 42.7 Å². The van der Waals surface area contributed by atoms with Crippen molar-refractivity contribution in [1.82, 2.24) is 9.99 Å². The number of nitrogens with zero attached hydrogens (tertiary/aromatic N) is 2. The van der Waals surface area contributed by atoms with Crippen LogP contribution >= 0.6 is 0 Å². The number of aromatic nitrogens is 1. The minimum absolute atomic E-state index is 0.276. The number of para-hydroxylation sites is 1. The Morgan fingerprint density at radius 2 is 1.71 bits per heavy atom. The molecular formula is C22H21N3O3. The Bertz CT molecular complexity index is 1040. The van der Waals surface area contributed by atoms with Gasteiger partial charge in [0.2, 0.25) is 0 Å². The Morgan fingerprint density at radius 1 is 1.04 bits per heavy atom. The van der Waals surface area contributed by atoms with Gasteiger partial charge in [-0.3, -0.25) is 4.79 Å². The van der Waals surface area contributed by atoms with Crippen molar-refractivity contribution in [3.05, 3.63) is 88.7 Å². The molecule has 3 aromatic rings. The molecule has 0 bridgehead atoms. The van der Waals surface area contributed by atoms with Gasteiger partial charge in [0.1, 0.15) is 0 Å². The maximum atomic E-state index is 12.1. The number of amides is 1. The van der Waals surface area contributed by atoms with E-state index in [1.165, 1.54) is 7.11 Å². The number of carbonyl (C=O) groups excluding carboxylic acids is 2. The first kappa shape index (κ1) is 19.1. The quantitative estimate of drug-likeness (QED) is 0.420. The fourth-order valence-electron chi connectivity index (χ4n) is 3.05. The highest BCUT2D eigenvalue weighted by molar-refractivity contribution is 5.95. The molecule has 0 aliphatic rings. The first-order valence-corrected chi connectivity index (χ1v) is 8.78. The van der Waals surface area contributed by atoms with E-state index < -0.39 is 5.97 Å². The molecule has 1 heterocycles.